The standard InChI is InChI=1S/C10H10FNO2S/c11-7-4-2-1-3-6(7)9-12-8(5-15-9)10(13)14/h1-4,8-9,12H,5H2,(H,13,14)/t8-,9+/m0/s1. The quantitative estimate of drug-likeness (QED) is 0.806. The SMILES string of the molecule is O=C(O)[C@@H]1CS[C@H](c2ccccc2F)N1. The van der Waals surface area contributed by atoms with Gasteiger partial charge in [-0.15, -0.1) is 11.8 Å². The highest BCUT2D eigenvalue weighted by molar-refractivity contribution is 7.99. The Morgan fingerprint density at radius 1 is 1.53 bits per heavy atom. The molecule has 0 aliphatic carbocycles. The fourth-order valence-electron chi connectivity index (χ4n) is 1.48. The van der Waals surface area contributed by atoms with E-state index in [4.69, 9.17) is 5.11 Å². The zero-order valence-electron chi connectivity index (χ0n) is 7.81. The van der Waals surface area contributed by atoms with Crippen molar-refractivity contribution in [2.45, 2.75) is 11.4 Å². The molecular formula is C10H10FNO2S. The van der Waals surface area contributed by atoms with Gasteiger partial charge in [0.2, 0.25) is 0 Å². The summed E-state index contributed by atoms with van der Waals surface area (Å²) in [6.45, 7) is 0. The summed E-state index contributed by atoms with van der Waals surface area (Å²) in [5.41, 5.74) is 0.520. The summed E-state index contributed by atoms with van der Waals surface area (Å²) in [6.07, 6.45) is 0. The lowest BCUT2D eigenvalue weighted by Gasteiger charge is -2.11. The monoisotopic (exact) mass is 227 g/mol. The largest absolute Gasteiger partial charge is 0.480 e. The van der Waals surface area contributed by atoms with Crippen LogP contribution in [0.15, 0.2) is 24.3 Å². The molecule has 5 heteroatoms. The third kappa shape index (κ3) is 2.13. The Bertz CT molecular complexity index is 385. The molecule has 0 unspecified atom stereocenters. The van der Waals surface area contributed by atoms with Crippen molar-refractivity contribution in [3.05, 3.63) is 35.6 Å². The third-order valence-corrected chi connectivity index (χ3v) is 3.52. The third-order valence-electron chi connectivity index (χ3n) is 2.27. The minimum Gasteiger partial charge on any atom is -0.480 e. The van der Waals surface area contributed by atoms with Gasteiger partial charge in [0.1, 0.15) is 11.9 Å². The van der Waals surface area contributed by atoms with Crippen LogP contribution in [-0.2, 0) is 4.79 Å². The zero-order chi connectivity index (χ0) is 10.8. The van der Waals surface area contributed by atoms with Gasteiger partial charge in [-0.05, 0) is 6.07 Å². The van der Waals surface area contributed by atoms with E-state index in [0.29, 0.717) is 11.3 Å². The Morgan fingerprint density at radius 3 is 2.87 bits per heavy atom. The first-order valence-electron chi connectivity index (χ1n) is 4.53. The summed E-state index contributed by atoms with van der Waals surface area (Å²) in [6, 6.07) is 5.83. The molecule has 0 aromatic heterocycles. The molecule has 1 saturated heterocycles. The molecule has 1 aromatic carbocycles. The second kappa shape index (κ2) is 4.20. The van der Waals surface area contributed by atoms with Gasteiger partial charge in [-0.25, -0.2) is 4.39 Å². The molecule has 0 radical (unpaired) electrons. The van der Waals surface area contributed by atoms with E-state index in [1.807, 2.05) is 0 Å². The minimum atomic E-state index is -0.888. The number of hydrogen-bond acceptors (Lipinski definition) is 3. The Morgan fingerprint density at radius 2 is 2.27 bits per heavy atom. The van der Waals surface area contributed by atoms with Crippen LogP contribution >= 0.6 is 11.8 Å². The lowest BCUT2D eigenvalue weighted by molar-refractivity contribution is -0.138. The number of halogens is 1. The first kappa shape index (κ1) is 10.4. The smallest absolute Gasteiger partial charge is 0.321 e. The van der Waals surface area contributed by atoms with Gasteiger partial charge < -0.3 is 5.11 Å². The molecule has 2 N–H and O–H groups in total. The van der Waals surface area contributed by atoms with E-state index in [2.05, 4.69) is 5.32 Å². The molecule has 15 heavy (non-hydrogen) atoms. The van der Waals surface area contributed by atoms with Gasteiger partial charge in [0, 0.05) is 11.3 Å². The normalized spacial score (nSPS) is 25.4. The van der Waals surface area contributed by atoms with Gasteiger partial charge in [0.15, 0.2) is 0 Å². The Kier molecular flexibility index (Phi) is 2.93. The molecule has 1 fully saturated rings. The van der Waals surface area contributed by atoms with Crippen molar-refractivity contribution in [3.63, 3.8) is 0 Å². The number of benzene rings is 1. The van der Waals surface area contributed by atoms with E-state index in [1.54, 1.807) is 18.2 Å². The van der Waals surface area contributed by atoms with Crippen molar-refractivity contribution < 1.29 is 14.3 Å². The van der Waals surface area contributed by atoms with Crippen LogP contribution in [0.5, 0.6) is 0 Å². The second-order valence-corrected chi connectivity index (χ2v) is 4.43. The summed E-state index contributed by atoms with van der Waals surface area (Å²) in [4.78, 5) is 10.7. The van der Waals surface area contributed by atoms with Crippen LogP contribution in [0, 0.1) is 5.82 Å². The number of rotatable bonds is 2. The molecule has 1 aliphatic heterocycles. The summed E-state index contributed by atoms with van der Waals surface area (Å²) in [5.74, 6) is -0.719. The van der Waals surface area contributed by atoms with Crippen LogP contribution in [0.3, 0.4) is 0 Å². The number of hydrogen-bond donors (Lipinski definition) is 2. The van der Waals surface area contributed by atoms with Crippen molar-refractivity contribution in [3.8, 4) is 0 Å². The van der Waals surface area contributed by atoms with Crippen molar-refractivity contribution in [2.24, 2.45) is 0 Å². The van der Waals surface area contributed by atoms with Crippen LogP contribution in [0.2, 0.25) is 0 Å². The Hall–Kier alpha value is -1.07. The summed E-state index contributed by atoms with van der Waals surface area (Å²) >= 11 is 1.41. The topological polar surface area (TPSA) is 49.3 Å². The minimum absolute atomic E-state index is 0.257. The predicted octanol–water partition coefficient (Wildman–Crippen LogP) is 1.61. The van der Waals surface area contributed by atoms with Crippen LogP contribution < -0.4 is 5.32 Å². The molecular weight excluding hydrogens is 217 g/mol. The molecule has 0 amide bonds. The van der Waals surface area contributed by atoms with Crippen LogP contribution in [-0.4, -0.2) is 22.9 Å². The van der Waals surface area contributed by atoms with Crippen LogP contribution in [0.1, 0.15) is 10.9 Å². The van der Waals surface area contributed by atoms with Gasteiger partial charge in [-0.3, -0.25) is 10.1 Å². The van der Waals surface area contributed by atoms with E-state index >= 15 is 0 Å². The lowest BCUT2D eigenvalue weighted by Crippen LogP contribution is -2.33. The first-order chi connectivity index (χ1) is 7.18. The Balaban J connectivity index is 2.14. The molecule has 80 valence electrons. The van der Waals surface area contributed by atoms with Gasteiger partial charge in [0.25, 0.3) is 0 Å². The maximum Gasteiger partial charge on any atom is 0.321 e. The van der Waals surface area contributed by atoms with Gasteiger partial charge in [0.05, 0.1) is 5.37 Å². The van der Waals surface area contributed by atoms with Crippen molar-refractivity contribution in [2.75, 3.05) is 5.75 Å². The molecule has 2 rings (SSSR count). The molecule has 0 bridgehead atoms. The van der Waals surface area contributed by atoms with Crippen LogP contribution in [0.25, 0.3) is 0 Å². The molecule has 1 aliphatic rings. The maximum atomic E-state index is 13.4. The molecule has 3 nitrogen and oxygen atoms in total. The number of carboxylic acid groups (broad SMARTS) is 1. The van der Waals surface area contributed by atoms with Crippen LogP contribution in [0.4, 0.5) is 4.39 Å². The van der Waals surface area contributed by atoms with Gasteiger partial charge in [-0.1, -0.05) is 18.2 Å². The summed E-state index contributed by atoms with van der Waals surface area (Å²) < 4.78 is 13.4. The zero-order valence-corrected chi connectivity index (χ0v) is 8.63. The number of carbonyl (C=O) groups is 1. The highest BCUT2D eigenvalue weighted by Crippen LogP contribution is 2.33. The summed E-state index contributed by atoms with van der Waals surface area (Å²) in [5, 5.41) is 11.4. The fraction of sp³-hybridized carbons (Fsp3) is 0.300. The van der Waals surface area contributed by atoms with E-state index < -0.39 is 12.0 Å². The van der Waals surface area contributed by atoms with E-state index in [9.17, 15) is 9.18 Å². The number of aliphatic carboxylic acids is 1. The van der Waals surface area contributed by atoms with Gasteiger partial charge in [-0.2, -0.15) is 0 Å². The van der Waals surface area contributed by atoms with Crippen molar-refractivity contribution in [1.82, 2.24) is 5.32 Å². The molecule has 0 spiro atoms. The first-order valence-corrected chi connectivity index (χ1v) is 5.58. The maximum absolute atomic E-state index is 13.4. The van der Waals surface area contributed by atoms with Crippen molar-refractivity contribution >= 4 is 17.7 Å². The fourth-order valence-corrected chi connectivity index (χ4v) is 2.74. The summed E-state index contributed by atoms with van der Waals surface area (Å²) in [7, 11) is 0. The average Bonchev–Trinajstić information content (AvgIpc) is 2.67. The Labute approximate surface area is 90.7 Å². The van der Waals surface area contributed by atoms with E-state index in [1.165, 1.54) is 17.8 Å². The highest BCUT2D eigenvalue weighted by Gasteiger charge is 2.31. The number of thioether (sulfide) groups is 1. The van der Waals surface area contributed by atoms with Crippen molar-refractivity contribution in [1.29, 1.82) is 0 Å². The highest BCUT2D eigenvalue weighted by atomic mass is 32.2. The average molecular weight is 227 g/mol. The van der Waals surface area contributed by atoms with E-state index in [-0.39, 0.29) is 11.2 Å². The predicted molar refractivity (Wildman–Crippen MR) is 56.2 cm³/mol. The number of nitrogens with one attached hydrogen (secondary N) is 1. The lowest BCUT2D eigenvalue weighted by atomic mass is 10.2. The van der Waals surface area contributed by atoms with Gasteiger partial charge >= 0.3 is 5.97 Å². The number of carboxylic acids is 1. The van der Waals surface area contributed by atoms with E-state index in [0.717, 1.165) is 0 Å². The molecule has 1 heterocycles. The molecule has 0 saturated carbocycles. The molecule has 2 atom stereocenters. The molecule has 1 aromatic rings. The second-order valence-electron chi connectivity index (χ2n) is 3.29.